The number of aromatic hydroxyl groups is 1. The minimum absolute atomic E-state index is 0.107. The van der Waals surface area contributed by atoms with E-state index in [-0.39, 0.29) is 30.0 Å². The Morgan fingerprint density at radius 1 is 0.932 bits per heavy atom. The van der Waals surface area contributed by atoms with Crippen LogP contribution in [0.15, 0.2) is 42.5 Å². The van der Waals surface area contributed by atoms with E-state index in [2.05, 4.69) is 31.4 Å². The zero-order valence-electron chi connectivity index (χ0n) is 28.3. The third-order valence-corrected chi connectivity index (χ3v) is 7.68. The molecule has 8 heteroatoms. The number of aryl methyl sites for hydroxylation is 2. The number of unbranched alkanes of at least 4 members (excludes halogenated alkanes) is 2. The molecule has 44 heavy (non-hydrogen) atoms. The highest BCUT2D eigenvalue weighted by molar-refractivity contribution is 5.93. The number of alkyl carbamates (subject to hydrolysis) is 1. The second kappa shape index (κ2) is 17.1. The molecule has 3 unspecified atom stereocenters. The molecule has 0 aliphatic heterocycles. The number of carbonyl (C=O) groups is 3. The maximum atomic E-state index is 14.8. The third kappa shape index (κ3) is 11.5. The smallest absolute Gasteiger partial charge is 0.408 e. The van der Waals surface area contributed by atoms with Crippen molar-refractivity contribution in [1.82, 2.24) is 15.5 Å². The molecule has 3 atom stereocenters. The Bertz CT molecular complexity index is 1200. The molecular weight excluding hydrogens is 554 g/mol. The van der Waals surface area contributed by atoms with E-state index in [0.29, 0.717) is 18.9 Å². The van der Waals surface area contributed by atoms with Crippen LogP contribution in [-0.2, 0) is 20.7 Å². The van der Waals surface area contributed by atoms with Gasteiger partial charge in [0.05, 0.1) is 0 Å². The van der Waals surface area contributed by atoms with E-state index in [1.807, 2.05) is 39.0 Å². The Balaban J connectivity index is 2.68. The van der Waals surface area contributed by atoms with Crippen molar-refractivity contribution >= 4 is 17.9 Å². The van der Waals surface area contributed by atoms with Gasteiger partial charge in [0.1, 0.15) is 23.4 Å². The lowest BCUT2D eigenvalue weighted by atomic mass is 9.91. The Morgan fingerprint density at radius 2 is 1.55 bits per heavy atom. The zero-order valence-corrected chi connectivity index (χ0v) is 28.3. The lowest BCUT2D eigenvalue weighted by Gasteiger charge is -2.40. The van der Waals surface area contributed by atoms with E-state index >= 15 is 0 Å². The van der Waals surface area contributed by atoms with E-state index < -0.39 is 23.8 Å². The Labute approximate surface area is 264 Å². The Hall–Kier alpha value is -3.55. The molecule has 0 spiro atoms. The standard InChI is InChI=1S/C36H55N3O5/c1-10-11-12-22-37-33(41)32(31-25(4)14-13-15-26(31)5)39(27(6)17-16-24(2)3)34(42)30(38-35(43)44-36(7,8)9)23-28-18-20-29(40)21-19-28/h13-15,18-21,24,27,30,32,40H,10-12,16-17,22-23H2,1-9H3,(H,37,41)(H,38,43). The summed E-state index contributed by atoms with van der Waals surface area (Å²) in [6.07, 6.45) is 3.87. The first kappa shape index (κ1) is 36.6. The third-order valence-electron chi connectivity index (χ3n) is 7.68. The summed E-state index contributed by atoms with van der Waals surface area (Å²) in [6, 6.07) is 10.2. The monoisotopic (exact) mass is 609 g/mol. The molecule has 3 amide bonds. The molecule has 0 saturated heterocycles. The van der Waals surface area contributed by atoms with Gasteiger partial charge < -0.3 is 25.4 Å². The second-order valence-electron chi connectivity index (χ2n) is 13.3. The van der Waals surface area contributed by atoms with Crippen LogP contribution in [0, 0.1) is 19.8 Å². The number of amides is 3. The van der Waals surface area contributed by atoms with Crippen molar-refractivity contribution in [2.75, 3.05) is 6.54 Å². The van der Waals surface area contributed by atoms with Crippen LogP contribution in [0.4, 0.5) is 4.79 Å². The van der Waals surface area contributed by atoms with Crippen LogP contribution in [0.3, 0.4) is 0 Å². The molecule has 244 valence electrons. The van der Waals surface area contributed by atoms with Gasteiger partial charge in [-0.25, -0.2) is 4.79 Å². The van der Waals surface area contributed by atoms with Gasteiger partial charge in [0, 0.05) is 19.0 Å². The molecule has 0 aromatic heterocycles. The van der Waals surface area contributed by atoms with Gasteiger partial charge in [0.25, 0.3) is 0 Å². The van der Waals surface area contributed by atoms with Crippen molar-refractivity contribution in [3.63, 3.8) is 0 Å². The first-order valence-electron chi connectivity index (χ1n) is 16.1. The summed E-state index contributed by atoms with van der Waals surface area (Å²) >= 11 is 0. The molecule has 0 aliphatic carbocycles. The van der Waals surface area contributed by atoms with Crippen molar-refractivity contribution in [3.8, 4) is 5.75 Å². The number of hydrogen-bond acceptors (Lipinski definition) is 5. The van der Waals surface area contributed by atoms with Crippen molar-refractivity contribution in [2.45, 2.75) is 125 Å². The van der Waals surface area contributed by atoms with Crippen LogP contribution in [0.25, 0.3) is 0 Å². The highest BCUT2D eigenvalue weighted by Crippen LogP contribution is 2.32. The van der Waals surface area contributed by atoms with Crippen LogP contribution < -0.4 is 10.6 Å². The number of rotatable bonds is 15. The fourth-order valence-corrected chi connectivity index (χ4v) is 5.35. The molecule has 0 fully saturated rings. The highest BCUT2D eigenvalue weighted by Gasteiger charge is 2.40. The molecule has 8 nitrogen and oxygen atoms in total. The van der Waals surface area contributed by atoms with Gasteiger partial charge in [-0.1, -0.05) is 63.9 Å². The van der Waals surface area contributed by atoms with E-state index in [1.54, 1.807) is 49.9 Å². The molecule has 3 N–H and O–H groups in total. The summed E-state index contributed by atoms with van der Waals surface area (Å²) in [6.45, 7) is 18.1. The fraction of sp³-hybridized carbons (Fsp3) is 0.583. The van der Waals surface area contributed by atoms with Crippen LogP contribution in [0.5, 0.6) is 5.75 Å². The van der Waals surface area contributed by atoms with Crippen molar-refractivity contribution in [2.24, 2.45) is 5.92 Å². The predicted octanol–water partition coefficient (Wildman–Crippen LogP) is 7.15. The van der Waals surface area contributed by atoms with Gasteiger partial charge in [0.2, 0.25) is 11.8 Å². The summed E-state index contributed by atoms with van der Waals surface area (Å²) < 4.78 is 5.56. The molecule has 0 heterocycles. The Morgan fingerprint density at radius 3 is 2.09 bits per heavy atom. The van der Waals surface area contributed by atoms with Crippen LogP contribution in [-0.4, -0.2) is 52.1 Å². The number of carbonyl (C=O) groups excluding carboxylic acids is 3. The zero-order chi connectivity index (χ0) is 33.0. The van der Waals surface area contributed by atoms with Crippen molar-refractivity contribution in [3.05, 3.63) is 64.7 Å². The molecule has 0 saturated carbocycles. The number of ether oxygens (including phenoxy) is 1. The van der Waals surface area contributed by atoms with Crippen molar-refractivity contribution < 1.29 is 24.2 Å². The number of benzene rings is 2. The SMILES string of the molecule is CCCCCNC(=O)C(c1c(C)cccc1C)N(C(=O)C(Cc1ccc(O)cc1)NC(=O)OC(C)(C)C)C(C)CCC(C)C. The largest absolute Gasteiger partial charge is 0.508 e. The Kier molecular flexibility index (Phi) is 14.2. The molecule has 2 rings (SSSR count). The number of phenols is 1. The van der Waals surface area contributed by atoms with E-state index in [9.17, 15) is 19.5 Å². The van der Waals surface area contributed by atoms with E-state index in [4.69, 9.17) is 4.74 Å². The minimum Gasteiger partial charge on any atom is -0.508 e. The predicted molar refractivity (Wildman–Crippen MR) is 177 cm³/mol. The minimum atomic E-state index is -1.02. The van der Waals surface area contributed by atoms with Gasteiger partial charge in [-0.2, -0.15) is 0 Å². The first-order valence-corrected chi connectivity index (χ1v) is 16.1. The second-order valence-corrected chi connectivity index (χ2v) is 13.3. The van der Waals surface area contributed by atoms with Gasteiger partial charge in [-0.05, 0) is 101 Å². The quantitative estimate of drug-likeness (QED) is 0.186. The lowest BCUT2D eigenvalue weighted by Crippen LogP contribution is -2.56. The van der Waals surface area contributed by atoms with Gasteiger partial charge in [-0.15, -0.1) is 0 Å². The lowest BCUT2D eigenvalue weighted by molar-refractivity contribution is -0.145. The number of phenolic OH excluding ortho intramolecular Hbond substituents is 1. The molecule has 2 aromatic carbocycles. The number of nitrogens with one attached hydrogen (secondary N) is 2. The summed E-state index contributed by atoms with van der Waals surface area (Å²) in [5, 5.41) is 15.8. The van der Waals surface area contributed by atoms with Crippen LogP contribution in [0.1, 0.15) is 109 Å². The van der Waals surface area contributed by atoms with Crippen LogP contribution >= 0.6 is 0 Å². The fourth-order valence-electron chi connectivity index (χ4n) is 5.35. The summed E-state index contributed by atoms with van der Waals surface area (Å²) in [5.74, 6) is -0.0837. The van der Waals surface area contributed by atoms with Gasteiger partial charge in [-0.3, -0.25) is 9.59 Å². The normalized spacial score (nSPS) is 13.6. The summed E-state index contributed by atoms with van der Waals surface area (Å²) in [5.41, 5.74) is 2.62. The summed E-state index contributed by atoms with van der Waals surface area (Å²) in [4.78, 5) is 43.8. The molecule has 0 aliphatic rings. The van der Waals surface area contributed by atoms with E-state index in [0.717, 1.165) is 47.9 Å². The maximum absolute atomic E-state index is 14.8. The van der Waals surface area contributed by atoms with E-state index in [1.165, 1.54) is 0 Å². The molecule has 0 radical (unpaired) electrons. The number of nitrogens with zero attached hydrogens (tertiary/aromatic N) is 1. The molecular formula is C36H55N3O5. The molecule has 2 aromatic rings. The van der Waals surface area contributed by atoms with Crippen LogP contribution in [0.2, 0.25) is 0 Å². The van der Waals surface area contributed by atoms with Gasteiger partial charge >= 0.3 is 6.09 Å². The first-order chi connectivity index (χ1) is 20.6. The molecule has 0 bridgehead atoms. The topological polar surface area (TPSA) is 108 Å². The summed E-state index contributed by atoms with van der Waals surface area (Å²) in [7, 11) is 0. The average Bonchev–Trinajstić information content (AvgIpc) is 2.93. The average molecular weight is 610 g/mol. The highest BCUT2D eigenvalue weighted by atomic mass is 16.6. The van der Waals surface area contributed by atoms with Crippen molar-refractivity contribution in [1.29, 1.82) is 0 Å². The number of hydrogen-bond donors (Lipinski definition) is 3. The van der Waals surface area contributed by atoms with Gasteiger partial charge in [0.15, 0.2) is 0 Å². The maximum Gasteiger partial charge on any atom is 0.408 e.